The molecule has 7 heavy (non-hydrogen) atoms. The molecule has 0 aromatic heterocycles. The molecule has 1 heteroatoms. The van der Waals surface area contributed by atoms with E-state index in [0.29, 0.717) is 0 Å². The molecule has 0 aliphatic heterocycles. The van der Waals surface area contributed by atoms with E-state index in [2.05, 4.69) is 15.9 Å². The van der Waals surface area contributed by atoms with Crippen LogP contribution in [0.3, 0.4) is 0 Å². The normalized spacial score (nSPS) is 8.71. The van der Waals surface area contributed by atoms with Gasteiger partial charge in [-0.3, -0.25) is 0 Å². The van der Waals surface area contributed by atoms with Gasteiger partial charge in [0.1, 0.15) is 0 Å². The van der Waals surface area contributed by atoms with E-state index in [1.54, 1.807) is 0 Å². The summed E-state index contributed by atoms with van der Waals surface area (Å²) in [5, 5.41) is 0. The predicted molar refractivity (Wildman–Crippen MR) is 35.3 cm³/mol. The highest BCUT2D eigenvalue weighted by atomic mass is 79.9. The summed E-state index contributed by atoms with van der Waals surface area (Å²) in [7, 11) is 0. The third-order valence-corrected chi connectivity index (χ3v) is 1.26. The van der Waals surface area contributed by atoms with Gasteiger partial charge < -0.3 is 0 Å². The van der Waals surface area contributed by atoms with Gasteiger partial charge in [0.15, 0.2) is 0 Å². The maximum atomic E-state index is 3.31. The first-order chi connectivity index (χ1) is 3.39. The fourth-order valence-corrected chi connectivity index (χ4v) is 0.720. The molecule has 0 spiro atoms. The number of benzene rings is 1. The topological polar surface area (TPSA) is 0 Å². The SMILES string of the molecule is Brc1ccccc1.[H+]. The molecule has 0 heterocycles. The highest BCUT2D eigenvalue weighted by Crippen LogP contribution is 2.05. The number of rotatable bonds is 0. The molecule has 0 aliphatic carbocycles. The molecule has 1 aromatic carbocycles. The molecule has 0 saturated carbocycles. The summed E-state index contributed by atoms with van der Waals surface area (Å²) in [5.41, 5.74) is 0. The van der Waals surface area contributed by atoms with Gasteiger partial charge in [0, 0.05) is 4.47 Å². The Labute approximate surface area is 52.8 Å². The van der Waals surface area contributed by atoms with Crippen molar-refractivity contribution in [3.05, 3.63) is 34.8 Å². The standard InChI is InChI=1S/C6H5Br/c7-6-4-2-1-3-5-6/h1-5H/p+1. The Hall–Kier alpha value is -0.300. The van der Waals surface area contributed by atoms with Gasteiger partial charge in [-0.1, -0.05) is 34.1 Å². The van der Waals surface area contributed by atoms with Gasteiger partial charge in [0.2, 0.25) is 0 Å². The Balaban J connectivity index is 0.000000490. The molecule has 0 fully saturated rings. The van der Waals surface area contributed by atoms with Crippen LogP contribution in [0.2, 0.25) is 0 Å². The largest absolute Gasteiger partial charge is 1.00 e. The van der Waals surface area contributed by atoms with Gasteiger partial charge in [-0.2, -0.15) is 0 Å². The Morgan fingerprint density at radius 3 is 2.00 bits per heavy atom. The third-order valence-electron chi connectivity index (χ3n) is 0.733. The van der Waals surface area contributed by atoms with Crippen LogP contribution in [0.4, 0.5) is 0 Å². The molecule has 36 valence electrons. The lowest BCUT2D eigenvalue weighted by Crippen LogP contribution is -1.55. The van der Waals surface area contributed by atoms with Crippen LogP contribution in [0.1, 0.15) is 1.43 Å². The Bertz CT molecular complexity index is 138. The summed E-state index contributed by atoms with van der Waals surface area (Å²) in [6.07, 6.45) is 0. The van der Waals surface area contributed by atoms with Crippen LogP contribution < -0.4 is 0 Å². The van der Waals surface area contributed by atoms with Crippen molar-refractivity contribution in [2.45, 2.75) is 0 Å². The molecular weight excluding hydrogens is 152 g/mol. The van der Waals surface area contributed by atoms with Crippen LogP contribution in [-0.2, 0) is 0 Å². The number of halogens is 1. The van der Waals surface area contributed by atoms with E-state index in [9.17, 15) is 0 Å². The van der Waals surface area contributed by atoms with Gasteiger partial charge in [-0.15, -0.1) is 0 Å². The smallest absolute Gasteiger partial charge is 0.0622 e. The molecule has 0 amide bonds. The average molecular weight is 158 g/mol. The lowest BCUT2D eigenvalue weighted by atomic mass is 10.4. The van der Waals surface area contributed by atoms with Gasteiger partial charge in [0.25, 0.3) is 0 Å². The highest BCUT2D eigenvalue weighted by Gasteiger charge is 1.74. The molecule has 0 aliphatic rings. The van der Waals surface area contributed by atoms with E-state index >= 15 is 0 Å². The van der Waals surface area contributed by atoms with Crippen LogP contribution in [-0.4, -0.2) is 0 Å². The molecule has 1 rings (SSSR count). The van der Waals surface area contributed by atoms with E-state index in [1.165, 1.54) is 0 Å². The van der Waals surface area contributed by atoms with E-state index < -0.39 is 0 Å². The molecule has 0 unspecified atom stereocenters. The minimum Gasteiger partial charge on any atom is -0.0622 e. The summed E-state index contributed by atoms with van der Waals surface area (Å²) in [5.74, 6) is 0. The maximum Gasteiger partial charge on any atom is 1.00 e. The fourth-order valence-electron chi connectivity index (χ4n) is 0.415. The van der Waals surface area contributed by atoms with Gasteiger partial charge >= 0.3 is 1.43 Å². The average Bonchev–Trinajstić information content (AvgIpc) is 1.69. The summed E-state index contributed by atoms with van der Waals surface area (Å²) in [4.78, 5) is 0. The van der Waals surface area contributed by atoms with Crippen molar-refractivity contribution < 1.29 is 1.43 Å². The Kier molecular flexibility index (Phi) is 1.47. The highest BCUT2D eigenvalue weighted by molar-refractivity contribution is 9.10. The van der Waals surface area contributed by atoms with Gasteiger partial charge in [-0.25, -0.2) is 0 Å². The number of hydrogen-bond donors (Lipinski definition) is 0. The maximum absolute atomic E-state index is 3.31. The van der Waals surface area contributed by atoms with Crippen molar-refractivity contribution in [3.8, 4) is 0 Å². The lowest BCUT2D eigenvalue weighted by Gasteiger charge is -1.80. The quantitative estimate of drug-likeness (QED) is 0.544. The zero-order valence-electron chi connectivity index (χ0n) is 4.76. The van der Waals surface area contributed by atoms with Crippen molar-refractivity contribution in [1.82, 2.24) is 0 Å². The monoisotopic (exact) mass is 157 g/mol. The summed E-state index contributed by atoms with van der Waals surface area (Å²) < 4.78 is 1.13. The number of hydrogen-bond acceptors (Lipinski definition) is 0. The third kappa shape index (κ3) is 1.32. The van der Waals surface area contributed by atoms with Crippen LogP contribution in [0, 0.1) is 0 Å². The Morgan fingerprint density at radius 1 is 1.14 bits per heavy atom. The van der Waals surface area contributed by atoms with E-state index in [-0.39, 0.29) is 1.43 Å². The van der Waals surface area contributed by atoms with Crippen molar-refractivity contribution in [2.75, 3.05) is 0 Å². The van der Waals surface area contributed by atoms with Crippen molar-refractivity contribution in [2.24, 2.45) is 0 Å². The summed E-state index contributed by atoms with van der Waals surface area (Å²) in [6.45, 7) is 0. The first-order valence-corrected chi connectivity index (χ1v) is 2.89. The Morgan fingerprint density at radius 2 is 1.71 bits per heavy atom. The molecule has 0 atom stereocenters. The van der Waals surface area contributed by atoms with E-state index in [1.807, 2.05) is 30.3 Å². The fraction of sp³-hybridized carbons (Fsp3) is 0. The molecule has 0 saturated heterocycles. The predicted octanol–water partition coefficient (Wildman–Crippen LogP) is 2.56. The minimum atomic E-state index is 0. The van der Waals surface area contributed by atoms with Crippen molar-refractivity contribution >= 4 is 15.9 Å². The lowest BCUT2D eigenvalue weighted by molar-refractivity contribution is 1.66. The van der Waals surface area contributed by atoms with Crippen LogP contribution >= 0.6 is 15.9 Å². The van der Waals surface area contributed by atoms with Crippen molar-refractivity contribution in [1.29, 1.82) is 0 Å². The summed E-state index contributed by atoms with van der Waals surface area (Å²) >= 11 is 3.31. The second kappa shape index (κ2) is 2.12. The molecule has 0 nitrogen and oxygen atoms in total. The minimum absolute atomic E-state index is 0. The summed E-state index contributed by atoms with van der Waals surface area (Å²) in [6, 6.07) is 9.97. The first kappa shape index (κ1) is 4.85. The van der Waals surface area contributed by atoms with Crippen LogP contribution in [0.5, 0.6) is 0 Å². The zero-order valence-corrected chi connectivity index (χ0v) is 5.35. The van der Waals surface area contributed by atoms with Gasteiger partial charge in [0.05, 0.1) is 0 Å². The molecule has 0 N–H and O–H groups in total. The van der Waals surface area contributed by atoms with Crippen LogP contribution in [0.15, 0.2) is 34.8 Å². The van der Waals surface area contributed by atoms with E-state index in [4.69, 9.17) is 0 Å². The molecule has 0 bridgehead atoms. The molecular formula is C6H6Br+. The second-order valence-corrected chi connectivity index (χ2v) is 2.21. The van der Waals surface area contributed by atoms with Crippen LogP contribution in [0.25, 0.3) is 0 Å². The van der Waals surface area contributed by atoms with Gasteiger partial charge in [-0.05, 0) is 12.1 Å². The van der Waals surface area contributed by atoms with E-state index in [0.717, 1.165) is 4.47 Å². The second-order valence-electron chi connectivity index (χ2n) is 1.30. The zero-order chi connectivity index (χ0) is 5.11. The van der Waals surface area contributed by atoms with Crippen molar-refractivity contribution in [3.63, 3.8) is 0 Å². The molecule has 0 radical (unpaired) electrons. The first-order valence-electron chi connectivity index (χ1n) is 2.10. The molecule has 1 aromatic rings.